The van der Waals surface area contributed by atoms with E-state index >= 15 is 0 Å². The number of pyridine rings is 1. The van der Waals surface area contributed by atoms with Gasteiger partial charge in [-0.25, -0.2) is 0 Å². The molecular formula is C24H29N3O. The van der Waals surface area contributed by atoms with Gasteiger partial charge in [0.2, 0.25) is 5.91 Å². The van der Waals surface area contributed by atoms with Crippen molar-refractivity contribution in [1.29, 1.82) is 0 Å². The van der Waals surface area contributed by atoms with Crippen LogP contribution in [0.5, 0.6) is 0 Å². The molecule has 0 saturated carbocycles. The highest BCUT2D eigenvalue weighted by atomic mass is 16.2. The van der Waals surface area contributed by atoms with Crippen molar-refractivity contribution in [3.63, 3.8) is 0 Å². The lowest BCUT2D eigenvalue weighted by Gasteiger charge is -2.23. The van der Waals surface area contributed by atoms with E-state index in [0.717, 1.165) is 39.0 Å². The van der Waals surface area contributed by atoms with Crippen molar-refractivity contribution < 1.29 is 4.79 Å². The van der Waals surface area contributed by atoms with E-state index in [2.05, 4.69) is 42.2 Å². The van der Waals surface area contributed by atoms with Crippen LogP contribution in [0.25, 0.3) is 10.9 Å². The summed E-state index contributed by atoms with van der Waals surface area (Å²) >= 11 is 0. The maximum absolute atomic E-state index is 13.1. The van der Waals surface area contributed by atoms with E-state index in [-0.39, 0.29) is 5.91 Å². The molecule has 0 radical (unpaired) electrons. The first-order valence-corrected chi connectivity index (χ1v) is 9.79. The van der Waals surface area contributed by atoms with E-state index in [4.69, 9.17) is 4.98 Å². The lowest BCUT2D eigenvalue weighted by molar-refractivity contribution is -0.130. The summed E-state index contributed by atoms with van der Waals surface area (Å²) in [6.07, 6.45) is 0.388. The quantitative estimate of drug-likeness (QED) is 0.636. The zero-order valence-electron chi connectivity index (χ0n) is 17.5. The molecule has 1 aromatic heterocycles. The summed E-state index contributed by atoms with van der Waals surface area (Å²) < 4.78 is 0. The average molecular weight is 376 g/mol. The number of anilines is 1. The largest absolute Gasteiger partial charge is 0.378 e. The van der Waals surface area contributed by atoms with E-state index in [1.165, 1.54) is 0 Å². The molecule has 146 valence electrons. The summed E-state index contributed by atoms with van der Waals surface area (Å²) in [5.41, 5.74) is 6.43. The van der Waals surface area contributed by atoms with Crippen molar-refractivity contribution in [2.45, 2.75) is 33.7 Å². The molecule has 3 rings (SSSR count). The van der Waals surface area contributed by atoms with Crippen molar-refractivity contribution in [2.24, 2.45) is 0 Å². The fraction of sp³-hybridized carbons (Fsp3) is 0.333. The molecule has 0 fully saturated rings. The van der Waals surface area contributed by atoms with Gasteiger partial charge in [0.25, 0.3) is 0 Å². The molecule has 1 amide bonds. The van der Waals surface area contributed by atoms with Gasteiger partial charge >= 0.3 is 0 Å². The van der Waals surface area contributed by atoms with Crippen LogP contribution in [-0.2, 0) is 17.8 Å². The molecular weight excluding hydrogens is 346 g/mol. The summed E-state index contributed by atoms with van der Waals surface area (Å²) in [6, 6.07) is 16.5. The average Bonchev–Trinajstić information content (AvgIpc) is 2.69. The van der Waals surface area contributed by atoms with Gasteiger partial charge in [0.1, 0.15) is 0 Å². The number of carbonyl (C=O) groups excluding carboxylic acids is 1. The number of likely N-dealkylation sites (N-methyl/N-ethyl adjacent to an activating group) is 1. The standard InChI is InChI=1S/C24H29N3O/c1-6-27(16-19-11-13-20(14-12-19)26(4)5)24(28)15-22-17(2)21-9-7-8-10-23(21)25-18(22)3/h7-14H,6,15-16H2,1-5H3. The smallest absolute Gasteiger partial charge is 0.227 e. The minimum atomic E-state index is 0.141. The van der Waals surface area contributed by atoms with Crippen LogP contribution < -0.4 is 4.90 Å². The minimum absolute atomic E-state index is 0.141. The van der Waals surface area contributed by atoms with E-state index in [1.54, 1.807) is 0 Å². The van der Waals surface area contributed by atoms with Crippen LogP contribution >= 0.6 is 0 Å². The molecule has 0 aliphatic carbocycles. The lowest BCUT2D eigenvalue weighted by Crippen LogP contribution is -2.32. The van der Waals surface area contributed by atoms with Gasteiger partial charge in [-0.2, -0.15) is 0 Å². The van der Waals surface area contributed by atoms with Gasteiger partial charge in [-0.3, -0.25) is 9.78 Å². The van der Waals surface area contributed by atoms with Crippen LogP contribution in [0.3, 0.4) is 0 Å². The first-order chi connectivity index (χ1) is 13.4. The van der Waals surface area contributed by atoms with Crippen LogP contribution in [0.4, 0.5) is 5.69 Å². The first kappa shape index (κ1) is 19.9. The predicted molar refractivity (Wildman–Crippen MR) is 117 cm³/mol. The van der Waals surface area contributed by atoms with Gasteiger partial charge in [0.15, 0.2) is 0 Å². The predicted octanol–water partition coefficient (Wildman–Crippen LogP) is 4.51. The number of aryl methyl sites for hydroxylation is 2. The molecule has 0 atom stereocenters. The number of aromatic nitrogens is 1. The fourth-order valence-corrected chi connectivity index (χ4v) is 3.59. The van der Waals surface area contributed by atoms with Crippen molar-refractivity contribution in [3.8, 4) is 0 Å². The van der Waals surface area contributed by atoms with Crippen LogP contribution in [0.2, 0.25) is 0 Å². The van der Waals surface area contributed by atoms with Gasteiger partial charge in [-0.05, 0) is 55.7 Å². The van der Waals surface area contributed by atoms with Crippen molar-refractivity contribution in [1.82, 2.24) is 9.88 Å². The van der Waals surface area contributed by atoms with E-state index in [9.17, 15) is 4.79 Å². The third kappa shape index (κ3) is 4.16. The maximum Gasteiger partial charge on any atom is 0.227 e. The van der Waals surface area contributed by atoms with Crippen molar-refractivity contribution >= 4 is 22.5 Å². The molecule has 0 N–H and O–H groups in total. The monoisotopic (exact) mass is 375 g/mol. The number of hydrogen-bond donors (Lipinski definition) is 0. The van der Waals surface area contributed by atoms with Gasteiger partial charge in [0.05, 0.1) is 11.9 Å². The Kier molecular flexibility index (Phi) is 5.98. The number of hydrogen-bond acceptors (Lipinski definition) is 3. The second kappa shape index (κ2) is 8.42. The Balaban J connectivity index is 1.79. The number of fused-ring (bicyclic) bond motifs is 1. The molecule has 0 spiro atoms. The van der Waals surface area contributed by atoms with Crippen LogP contribution in [-0.4, -0.2) is 36.4 Å². The number of nitrogens with zero attached hydrogens (tertiary/aromatic N) is 3. The van der Waals surface area contributed by atoms with E-state index in [1.807, 2.05) is 51.0 Å². The Morgan fingerprint density at radius 2 is 1.68 bits per heavy atom. The van der Waals surface area contributed by atoms with Gasteiger partial charge in [0, 0.05) is 44.0 Å². The summed E-state index contributed by atoms with van der Waals surface area (Å²) in [7, 11) is 4.05. The number of amides is 1. The molecule has 28 heavy (non-hydrogen) atoms. The third-order valence-electron chi connectivity index (χ3n) is 5.37. The Labute approximate surface area is 167 Å². The minimum Gasteiger partial charge on any atom is -0.378 e. The zero-order chi connectivity index (χ0) is 20.3. The lowest BCUT2D eigenvalue weighted by atomic mass is 9.99. The highest BCUT2D eigenvalue weighted by Crippen LogP contribution is 2.23. The van der Waals surface area contributed by atoms with Crippen LogP contribution in [0, 0.1) is 13.8 Å². The molecule has 4 nitrogen and oxygen atoms in total. The first-order valence-electron chi connectivity index (χ1n) is 9.79. The fourth-order valence-electron chi connectivity index (χ4n) is 3.59. The van der Waals surface area contributed by atoms with Gasteiger partial charge in [-0.1, -0.05) is 30.3 Å². The second-order valence-electron chi connectivity index (χ2n) is 7.46. The summed E-state index contributed by atoms with van der Waals surface area (Å²) in [4.78, 5) is 21.8. The van der Waals surface area contributed by atoms with Crippen molar-refractivity contribution in [3.05, 3.63) is 70.9 Å². The van der Waals surface area contributed by atoms with E-state index < -0.39 is 0 Å². The molecule has 0 aliphatic rings. The Hall–Kier alpha value is -2.88. The molecule has 0 saturated heterocycles. The molecule has 0 aliphatic heterocycles. The van der Waals surface area contributed by atoms with Crippen LogP contribution in [0.1, 0.15) is 29.3 Å². The molecule has 3 aromatic rings. The molecule has 1 heterocycles. The maximum atomic E-state index is 13.1. The zero-order valence-corrected chi connectivity index (χ0v) is 17.5. The number of rotatable bonds is 6. The highest BCUT2D eigenvalue weighted by Gasteiger charge is 2.17. The second-order valence-corrected chi connectivity index (χ2v) is 7.46. The topological polar surface area (TPSA) is 36.4 Å². The Bertz CT molecular complexity index is 977. The van der Waals surface area contributed by atoms with Gasteiger partial charge in [-0.15, -0.1) is 0 Å². The van der Waals surface area contributed by atoms with E-state index in [0.29, 0.717) is 19.5 Å². The Morgan fingerprint density at radius 3 is 2.32 bits per heavy atom. The highest BCUT2D eigenvalue weighted by molar-refractivity contribution is 5.86. The SMILES string of the molecule is CCN(Cc1ccc(N(C)C)cc1)C(=O)Cc1c(C)nc2ccccc2c1C. The Morgan fingerprint density at radius 1 is 1.00 bits per heavy atom. The normalized spacial score (nSPS) is 10.9. The number of benzene rings is 2. The number of carbonyl (C=O) groups is 1. The number of para-hydroxylation sites is 1. The third-order valence-corrected chi connectivity index (χ3v) is 5.37. The van der Waals surface area contributed by atoms with Gasteiger partial charge < -0.3 is 9.80 Å². The molecule has 4 heteroatoms. The summed E-state index contributed by atoms with van der Waals surface area (Å²) in [6.45, 7) is 7.44. The summed E-state index contributed by atoms with van der Waals surface area (Å²) in [5, 5.41) is 1.12. The van der Waals surface area contributed by atoms with Crippen LogP contribution in [0.15, 0.2) is 48.5 Å². The molecule has 0 bridgehead atoms. The summed E-state index contributed by atoms with van der Waals surface area (Å²) in [5.74, 6) is 0.141. The molecule has 2 aromatic carbocycles. The molecule has 0 unspecified atom stereocenters. The van der Waals surface area contributed by atoms with Crippen molar-refractivity contribution in [2.75, 3.05) is 25.5 Å².